The second-order valence-electron chi connectivity index (χ2n) is 24.2. The summed E-state index contributed by atoms with van der Waals surface area (Å²) in [6.07, 6.45) is 79.7. The highest BCUT2D eigenvalue weighted by Gasteiger charge is 2.19. The highest BCUT2D eigenvalue weighted by Crippen LogP contribution is 2.19. The molecule has 0 aromatic rings. The molecular formula is C71H136O6. The molecule has 1 atom stereocenters. The van der Waals surface area contributed by atoms with Crippen LogP contribution in [-0.2, 0) is 28.6 Å². The fourth-order valence-corrected chi connectivity index (χ4v) is 11.0. The first-order valence-corrected chi connectivity index (χ1v) is 35.2. The number of esters is 3. The van der Waals surface area contributed by atoms with E-state index < -0.39 is 6.10 Å². The lowest BCUT2D eigenvalue weighted by atomic mass is 10.0. The van der Waals surface area contributed by atoms with E-state index in [1.165, 1.54) is 308 Å². The number of rotatable bonds is 66. The van der Waals surface area contributed by atoms with Crippen LogP contribution in [0.2, 0.25) is 0 Å². The van der Waals surface area contributed by atoms with Gasteiger partial charge in [0.25, 0.3) is 0 Å². The van der Waals surface area contributed by atoms with Gasteiger partial charge in [0, 0.05) is 19.3 Å². The number of hydrogen-bond donors (Lipinski definition) is 0. The third-order valence-electron chi connectivity index (χ3n) is 16.3. The first kappa shape index (κ1) is 75.2. The Bertz CT molecular complexity index is 1200. The number of allylic oxidation sites excluding steroid dienone is 2. The van der Waals surface area contributed by atoms with Crippen LogP contribution in [0.4, 0.5) is 0 Å². The molecule has 0 aliphatic carbocycles. The number of ether oxygens (including phenoxy) is 3. The van der Waals surface area contributed by atoms with Gasteiger partial charge >= 0.3 is 17.9 Å². The van der Waals surface area contributed by atoms with Crippen molar-refractivity contribution >= 4 is 17.9 Å². The van der Waals surface area contributed by atoms with Crippen molar-refractivity contribution in [2.24, 2.45) is 0 Å². The Kier molecular flexibility index (Phi) is 65.1. The van der Waals surface area contributed by atoms with E-state index in [1.807, 2.05) is 0 Å². The van der Waals surface area contributed by atoms with Crippen molar-refractivity contribution in [3.05, 3.63) is 12.2 Å². The molecule has 0 rings (SSSR count). The van der Waals surface area contributed by atoms with Crippen molar-refractivity contribution in [1.29, 1.82) is 0 Å². The molecule has 0 amide bonds. The second-order valence-corrected chi connectivity index (χ2v) is 24.2. The van der Waals surface area contributed by atoms with Gasteiger partial charge in [0.1, 0.15) is 13.2 Å². The van der Waals surface area contributed by atoms with Gasteiger partial charge in [-0.25, -0.2) is 0 Å². The summed E-state index contributed by atoms with van der Waals surface area (Å²) in [5.74, 6) is -0.828. The maximum Gasteiger partial charge on any atom is 0.306 e. The van der Waals surface area contributed by atoms with Crippen LogP contribution < -0.4 is 0 Å². The van der Waals surface area contributed by atoms with Crippen LogP contribution in [0.5, 0.6) is 0 Å². The van der Waals surface area contributed by atoms with Crippen LogP contribution >= 0.6 is 0 Å². The van der Waals surface area contributed by atoms with Crippen molar-refractivity contribution in [3.63, 3.8) is 0 Å². The molecule has 0 spiro atoms. The Morgan fingerprint density at radius 2 is 0.429 bits per heavy atom. The van der Waals surface area contributed by atoms with Gasteiger partial charge in [-0.1, -0.05) is 354 Å². The van der Waals surface area contributed by atoms with Crippen molar-refractivity contribution in [3.8, 4) is 0 Å². The van der Waals surface area contributed by atoms with E-state index in [0.717, 1.165) is 57.8 Å². The molecule has 0 aromatic carbocycles. The highest BCUT2D eigenvalue weighted by molar-refractivity contribution is 5.71. The Hall–Kier alpha value is -1.85. The average Bonchev–Trinajstić information content (AvgIpc) is 3.43. The molecule has 0 bridgehead atoms. The van der Waals surface area contributed by atoms with Crippen LogP contribution in [0.3, 0.4) is 0 Å². The van der Waals surface area contributed by atoms with Gasteiger partial charge in [-0.05, 0) is 44.9 Å². The quantitative estimate of drug-likeness (QED) is 0.0261. The van der Waals surface area contributed by atoms with Gasteiger partial charge < -0.3 is 14.2 Å². The van der Waals surface area contributed by atoms with Crippen LogP contribution in [-0.4, -0.2) is 37.2 Å². The summed E-state index contributed by atoms with van der Waals surface area (Å²) in [7, 11) is 0. The zero-order chi connectivity index (χ0) is 55.7. The van der Waals surface area contributed by atoms with E-state index in [0.29, 0.717) is 19.3 Å². The Morgan fingerprint density at radius 3 is 0.649 bits per heavy atom. The average molecular weight is 1090 g/mol. The summed E-state index contributed by atoms with van der Waals surface area (Å²) < 4.78 is 17.0. The number of carbonyl (C=O) groups excluding carboxylic acids is 3. The van der Waals surface area contributed by atoms with Crippen LogP contribution in [0.1, 0.15) is 406 Å². The Labute approximate surface area is 481 Å². The lowest BCUT2D eigenvalue weighted by molar-refractivity contribution is -0.167. The van der Waals surface area contributed by atoms with Gasteiger partial charge in [0.2, 0.25) is 0 Å². The molecule has 1 unspecified atom stereocenters. The first-order chi connectivity index (χ1) is 38.0. The molecule has 6 heteroatoms. The third-order valence-corrected chi connectivity index (χ3v) is 16.3. The summed E-state index contributed by atoms with van der Waals surface area (Å²) in [6.45, 7) is 6.72. The monoisotopic (exact) mass is 1090 g/mol. The lowest BCUT2D eigenvalue weighted by Gasteiger charge is -2.18. The molecule has 0 aliphatic heterocycles. The predicted molar refractivity (Wildman–Crippen MR) is 335 cm³/mol. The maximum absolute atomic E-state index is 12.9. The minimum absolute atomic E-state index is 0.0620. The smallest absolute Gasteiger partial charge is 0.306 e. The van der Waals surface area contributed by atoms with E-state index in [2.05, 4.69) is 32.9 Å². The normalized spacial score (nSPS) is 12.0. The maximum atomic E-state index is 12.9. The molecule has 6 nitrogen and oxygen atoms in total. The summed E-state index contributed by atoms with van der Waals surface area (Å²) in [6, 6.07) is 0. The summed E-state index contributed by atoms with van der Waals surface area (Å²) in [5.41, 5.74) is 0. The molecule has 0 saturated carbocycles. The zero-order valence-electron chi connectivity index (χ0n) is 52.5. The molecular weight excluding hydrogens is 949 g/mol. The minimum Gasteiger partial charge on any atom is -0.462 e. The van der Waals surface area contributed by atoms with Gasteiger partial charge in [-0.3, -0.25) is 14.4 Å². The van der Waals surface area contributed by atoms with E-state index in [-0.39, 0.29) is 31.1 Å². The molecule has 0 radical (unpaired) electrons. The summed E-state index contributed by atoms with van der Waals surface area (Å²) >= 11 is 0. The topological polar surface area (TPSA) is 78.9 Å². The van der Waals surface area contributed by atoms with Crippen molar-refractivity contribution in [1.82, 2.24) is 0 Å². The minimum atomic E-state index is -0.764. The Balaban J connectivity index is 4.09. The number of unbranched alkanes of at least 4 members (excludes halogenated alkanes) is 53. The van der Waals surface area contributed by atoms with Crippen molar-refractivity contribution < 1.29 is 28.6 Å². The van der Waals surface area contributed by atoms with Crippen molar-refractivity contribution in [2.45, 2.75) is 412 Å². The molecule has 0 N–H and O–H groups in total. The largest absolute Gasteiger partial charge is 0.462 e. The van der Waals surface area contributed by atoms with Gasteiger partial charge in [0.05, 0.1) is 0 Å². The van der Waals surface area contributed by atoms with E-state index in [1.54, 1.807) is 0 Å². The summed E-state index contributed by atoms with van der Waals surface area (Å²) in [4.78, 5) is 38.3. The van der Waals surface area contributed by atoms with Gasteiger partial charge in [0.15, 0.2) is 6.10 Å². The Morgan fingerprint density at radius 1 is 0.247 bits per heavy atom. The zero-order valence-corrected chi connectivity index (χ0v) is 52.5. The standard InChI is InChI=1S/C71H136O6/c1-4-7-10-13-16-19-22-25-27-28-29-30-31-32-33-34-35-36-37-38-39-40-41-42-44-46-49-52-55-58-61-64-70(73)76-67-68(66-75-69(72)63-60-57-54-51-48-45-24-21-18-15-12-9-6-3)77-71(74)65-62-59-56-53-50-47-43-26-23-20-17-14-11-8-5-2/h28-29,68H,4-27,30-67H2,1-3H3/b29-28-. The fourth-order valence-electron chi connectivity index (χ4n) is 11.0. The predicted octanol–water partition coefficient (Wildman–Crippen LogP) is 24.0. The van der Waals surface area contributed by atoms with Crippen molar-refractivity contribution in [2.75, 3.05) is 13.2 Å². The molecule has 0 aliphatic rings. The summed E-state index contributed by atoms with van der Waals surface area (Å²) in [5, 5.41) is 0. The van der Waals surface area contributed by atoms with Gasteiger partial charge in [-0.15, -0.1) is 0 Å². The van der Waals surface area contributed by atoms with Gasteiger partial charge in [-0.2, -0.15) is 0 Å². The highest BCUT2D eigenvalue weighted by atomic mass is 16.6. The molecule has 0 aromatic heterocycles. The van der Waals surface area contributed by atoms with Crippen LogP contribution in [0.15, 0.2) is 12.2 Å². The van der Waals surface area contributed by atoms with E-state index in [4.69, 9.17) is 14.2 Å². The fraction of sp³-hybridized carbons (Fsp3) is 0.930. The van der Waals surface area contributed by atoms with Crippen LogP contribution in [0, 0.1) is 0 Å². The molecule has 0 heterocycles. The third kappa shape index (κ3) is 64.9. The molecule has 0 saturated heterocycles. The number of hydrogen-bond acceptors (Lipinski definition) is 6. The second kappa shape index (κ2) is 66.7. The first-order valence-electron chi connectivity index (χ1n) is 35.2. The SMILES string of the molecule is CCCCCCCCCC/C=C\CCCCCCCCCCCCCCCCCCCCCC(=O)OCC(COC(=O)CCCCCCCCCCCCCCC)OC(=O)CCCCCCCCCCCCCCCCC. The van der Waals surface area contributed by atoms with E-state index in [9.17, 15) is 14.4 Å². The lowest BCUT2D eigenvalue weighted by Crippen LogP contribution is -2.30. The molecule has 456 valence electrons. The molecule has 0 fully saturated rings. The molecule has 77 heavy (non-hydrogen) atoms. The number of carbonyl (C=O) groups is 3. The van der Waals surface area contributed by atoms with E-state index >= 15 is 0 Å². The van der Waals surface area contributed by atoms with Crippen LogP contribution in [0.25, 0.3) is 0 Å².